The average molecular weight is 440 g/mol. The van der Waals surface area contributed by atoms with Crippen LogP contribution >= 0.6 is 24.8 Å². The van der Waals surface area contributed by atoms with E-state index in [1.165, 1.54) is 0 Å². The number of ether oxygens (including phenoxy) is 1. The van der Waals surface area contributed by atoms with E-state index in [1.807, 2.05) is 42.2 Å². The molecule has 29 heavy (non-hydrogen) atoms. The second-order valence-electron chi connectivity index (χ2n) is 7.26. The SMILES string of the molecule is Cc1ccc(N)cc1C(=O)N(Cc1ccccc1)C(C)CN1CCOCC1.Cl.Cl. The van der Waals surface area contributed by atoms with Crippen molar-refractivity contribution in [3.05, 3.63) is 65.2 Å². The predicted molar refractivity (Wildman–Crippen MR) is 123 cm³/mol. The van der Waals surface area contributed by atoms with Crippen LogP contribution < -0.4 is 5.73 Å². The number of hydrogen-bond donors (Lipinski definition) is 1. The summed E-state index contributed by atoms with van der Waals surface area (Å²) in [5.41, 5.74) is 9.32. The molecule has 3 rings (SSSR count). The minimum atomic E-state index is 0. The lowest BCUT2D eigenvalue weighted by molar-refractivity contribution is 0.0228. The van der Waals surface area contributed by atoms with Crippen molar-refractivity contribution < 1.29 is 9.53 Å². The first-order valence-corrected chi connectivity index (χ1v) is 9.55. The number of benzene rings is 2. The van der Waals surface area contributed by atoms with Crippen LogP contribution in [-0.2, 0) is 11.3 Å². The topological polar surface area (TPSA) is 58.8 Å². The van der Waals surface area contributed by atoms with E-state index in [4.69, 9.17) is 10.5 Å². The van der Waals surface area contributed by atoms with Crippen LogP contribution in [0.15, 0.2) is 48.5 Å². The Morgan fingerprint density at radius 2 is 1.79 bits per heavy atom. The second kappa shape index (κ2) is 12.0. The average Bonchev–Trinajstić information content (AvgIpc) is 2.69. The lowest BCUT2D eigenvalue weighted by Gasteiger charge is -2.35. The lowest BCUT2D eigenvalue weighted by atomic mass is 10.0. The van der Waals surface area contributed by atoms with Gasteiger partial charge in [0.2, 0.25) is 0 Å². The number of nitrogen functional groups attached to an aromatic ring is 1. The quantitative estimate of drug-likeness (QED) is 0.695. The Kier molecular flexibility index (Phi) is 10.5. The number of morpholine rings is 1. The summed E-state index contributed by atoms with van der Waals surface area (Å²) in [7, 11) is 0. The standard InChI is InChI=1S/C22H29N3O2.2ClH/c1-17-8-9-20(23)14-21(17)22(26)25(16-19-6-4-3-5-7-19)18(2)15-24-10-12-27-13-11-24;;/h3-9,14,18H,10-13,15-16,23H2,1-2H3;2*1H. The van der Waals surface area contributed by atoms with E-state index in [0.29, 0.717) is 17.8 Å². The fourth-order valence-electron chi connectivity index (χ4n) is 3.49. The number of carbonyl (C=O) groups is 1. The molecule has 1 heterocycles. The van der Waals surface area contributed by atoms with Crippen molar-refractivity contribution in [2.24, 2.45) is 0 Å². The van der Waals surface area contributed by atoms with Gasteiger partial charge in [-0.15, -0.1) is 24.8 Å². The van der Waals surface area contributed by atoms with Crippen molar-refractivity contribution in [3.8, 4) is 0 Å². The maximum atomic E-state index is 13.4. The van der Waals surface area contributed by atoms with Gasteiger partial charge in [-0.1, -0.05) is 36.4 Å². The molecule has 0 bridgehead atoms. The zero-order valence-electron chi connectivity index (χ0n) is 17.0. The summed E-state index contributed by atoms with van der Waals surface area (Å²) >= 11 is 0. The normalized spacial score (nSPS) is 15.0. The van der Waals surface area contributed by atoms with E-state index in [0.717, 1.165) is 44.0 Å². The number of carbonyl (C=O) groups excluding carboxylic acids is 1. The maximum Gasteiger partial charge on any atom is 0.254 e. The van der Waals surface area contributed by atoms with Crippen LogP contribution in [0.25, 0.3) is 0 Å². The Hall–Kier alpha value is -1.79. The zero-order chi connectivity index (χ0) is 19.2. The van der Waals surface area contributed by atoms with Gasteiger partial charge in [0.05, 0.1) is 13.2 Å². The molecule has 1 fully saturated rings. The van der Waals surface area contributed by atoms with E-state index in [1.54, 1.807) is 6.07 Å². The van der Waals surface area contributed by atoms with Crippen molar-refractivity contribution in [1.29, 1.82) is 0 Å². The van der Waals surface area contributed by atoms with Crippen LogP contribution in [-0.4, -0.2) is 54.6 Å². The molecule has 2 aromatic rings. The largest absolute Gasteiger partial charge is 0.399 e. The molecule has 0 radical (unpaired) electrons. The number of anilines is 1. The monoisotopic (exact) mass is 439 g/mol. The molecule has 5 nitrogen and oxygen atoms in total. The van der Waals surface area contributed by atoms with Gasteiger partial charge in [0, 0.05) is 43.5 Å². The first kappa shape index (κ1) is 25.2. The first-order valence-electron chi connectivity index (χ1n) is 9.55. The third-order valence-electron chi connectivity index (χ3n) is 5.11. The lowest BCUT2D eigenvalue weighted by Crippen LogP contribution is -2.48. The van der Waals surface area contributed by atoms with Crippen molar-refractivity contribution in [1.82, 2.24) is 9.80 Å². The summed E-state index contributed by atoms with van der Waals surface area (Å²) in [5.74, 6) is 0.0319. The molecule has 1 saturated heterocycles. The second-order valence-corrected chi connectivity index (χ2v) is 7.26. The molecule has 1 atom stereocenters. The van der Waals surface area contributed by atoms with Crippen LogP contribution in [0.1, 0.15) is 28.4 Å². The van der Waals surface area contributed by atoms with Crippen LogP contribution in [0.2, 0.25) is 0 Å². The highest BCUT2D eigenvalue weighted by atomic mass is 35.5. The third kappa shape index (κ3) is 6.89. The summed E-state index contributed by atoms with van der Waals surface area (Å²) in [6.07, 6.45) is 0. The number of halogens is 2. The minimum Gasteiger partial charge on any atom is -0.399 e. The Balaban J connectivity index is 0.00000210. The number of nitrogens with two attached hydrogens (primary N) is 1. The van der Waals surface area contributed by atoms with E-state index in [-0.39, 0.29) is 36.8 Å². The Labute approximate surface area is 186 Å². The first-order chi connectivity index (χ1) is 13.0. The summed E-state index contributed by atoms with van der Waals surface area (Å²) in [6.45, 7) is 8.84. The highest BCUT2D eigenvalue weighted by Crippen LogP contribution is 2.19. The molecule has 0 aliphatic carbocycles. The molecule has 0 spiro atoms. The van der Waals surface area contributed by atoms with Crippen molar-refractivity contribution in [2.45, 2.75) is 26.4 Å². The van der Waals surface area contributed by atoms with Gasteiger partial charge in [0.25, 0.3) is 5.91 Å². The van der Waals surface area contributed by atoms with Gasteiger partial charge in [-0.3, -0.25) is 9.69 Å². The molecule has 0 saturated carbocycles. The molecule has 160 valence electrons. The highest BCUT2D eigenvalue weighted by Gasteiger charge is 2.25. The van der Waals surface area contributed by atoms with Gasteiger partial charge in [-0.05, 0) is 37.1 Å². The molecule has 2 aromatic carbocycles. The van der Waals surface area contributed by atoms with Gasteiger partial charge in [-0.25, -0.2) is 0 Å². The number of rotatable bonds is 6. The molecule has 0 aromatic heterocycles. The van der Waals surface area contributed by atoms with Crippen LogP contribution in [0.4, 0.5) is 5.69 Å². The van der Waals surface area contributed by atoms with Crippen LogP contribution in [0.5, 0.6) is 0 Å². The van der Waals surface area contributed by atoms with E-state index >= 15 is 0 Å². The summed E-state index contributed by atoms with van der Waals surface area (Å²) in [6, 6.07) is 15.8. The Morgan fingerprint density at radius 1 is 1.14 bits per heavy atom. The molecule has 2 N–H and O–H groups in total. The molecule has 1 amide bonds. The molecular formula is C22H31Cl2N3O2. The van der Waals surface area contributed by atoms with Crippen LogP contribution in [0, 0.1) is 6.92 Å². The fraction of sp³-hybridized carbons (Fsp3) is 0.409. The van der Waals surface area contributed by atoms with Crippen LogP contribution in [0.3, 0.4) is 0 Å². The van der Waals surface area contributed by atoms with E-state index in [9.17, 15) is 4.79 Å². The van der Waals surface area contributed by atoms with Crippen molar-refractivity contribution >= 4 is 36.4 Å². The highest BCUT2D eigenvalue weighted by molar-refractivity contribution is 5.96. The van der Waals surface area contributed by atoms with Gasteiger partial charge < -0.3 is 15.4 Å². The van der Waals surface area contributed by atoms with Gasteiger partial charge in [0.15, 0.2) is 0 Å². The van der Waals surface area contributed by atoms with Crippen molar-refractivity contribution in [2.75, 3.05) is 38.6 Å². The smallest absolute Gasteiger partial charge is 0.254 e. The fourth-order valence-corrected chi connectivity index (χ4v) is 3.49. The van der Waals surface area contributed by atoms with Gasteiger partial charge >= 0.3 is 0 Å². The summed E-state index contributed by atoms with van der Waals surface area (Å²) < 4.78 is 5.45. The molecular weight excluding hydrogens is 409 g/mol. The third-order valence-corrected chi connectivity index (χ3v) is 5.11. The maximum absolute atomic E-state index is 13.4. The Bertz CT molecular complexity index is 768. The molecule has 1 aliphatic heterocycles. The van der Waals surface area contributed by atoms with Crippen molar-refractivity contribution in [3.63, 3.8) is 0 Å². The summed E-state index contributed by atoms with van der Waals surface area (Å²) in [4.78, 5) is 17.8. The molecule has 7 heteroatoms. The summed E-state index contributed by atoms with van der Waals surface area (Å²) in [5, 5.41) is 0. The predicted octanol–water partition coefficient (Wildman–Crippen LogP) is 3.78. The number of aryl methyl sites for hydroxylation is 1. The zero-order valence-corrected chi connectivity index (χ0v) is 18.7. The Morgan fingerprint density at radius 3 is 2.45 bits per heavy atom. The number of hydrogen-bond acceptors (Lipinski definition) is 4. The van der Waals surface area contributed by atoms with Gasteiger partial charge in [0.1, 0.15) is 0 Å². The minimum absolute atomic E-state index is 0. The van der Waals surface area contributed by atoms with Gasteiger partial charge in [-0.2, -0.15) is 0 Å². The number of amides is 1. The molecule has 1 unspecified atom stereocenters. The van der Waals surface area contributed by atoms with E-state index < -0.39 is 0 Å². The molecule has 1 aliphatic rings. The van der Waals surface area contributed by atoms with E-state index in [2.05, 4.69) is 24.0 Å². The number of nitrogens with zero attached hydrogens (tertiary/aromatic N) is 2.